The van der Waals surface area contributed by atoms with E-state index in [-0.39, 0.29) is 0 Å². The van der Waals surface area contributed by atoms with E-state index >= 15 is 0 Å². The van der Waals surface area contributed by atoms with Crippen LogP contribution in [0, 0.1) is 12.8 Å². The van der Waals surface area contributed by atoms with Crippen molar-refractivity contribution >= 4 is 11.0 Å². The number of benzene rings is 1. The second-order valence-electron chi connectivity index (χ2n) is 6.90. The number of fused-ring (bicyclic) bond motifs is 1. The summed E-state index contributed by atoms with van der Waals surface area (Å²) in [4.78, 5) is 0. The van der Waals surface area contributed by atoms with Crippen LogP contribution in [0.4, 0.5) is 0 Å². The average molecular weight is 285 g/mol. The van der Waals surface area contributed by atoms with Gasteiger partial charge in [-0.05, 0) is 50.4 Å². The fraction of sp³-hybridized carbons (Fsp3) is 0.579. The summed E-state index contributed by atoms with van der Waals surface area (Å²) in [6.45, 7) is 7.70. The third kappa shape index (κ3) is 3.32. The van der Waals surface area contributed by atoms with E-state index in [1.54, 1.807) is 0 Å². The van der Waals surface area contributed by atoms with Crippen LogP contribution in [0.25, 0.3) is 11.0 Å². The van der Waals surface area contributed by atoms with E-state index in [1.165, 1.54) is 42.4 Å². The third-order valence-electron chi connectivity index (χ3n) is 4.75. The molecule has 0 aliphatic heterocycles. The van der Waals surface area contributed by atoms with Crippen molar-refractivity contribution in [2.75, 3.05) is 6.54 Å². The Balaban J connectivity index is 1.83. The number of nitrogens with one attached hydrogen (secondary N) is 1. The van der Waals surface area contributed by atoms with Crippen LogP contribution in [-0.2, 0) is 0 Å². The van der Waals surface area contributed by atoms with Gasteiger partial charge in [0.1, 0.15) is 11.3 Å². The summed E-state index contributed by atoms with van der Waals surface area (Å²) in [5.74, 6) is 2.49. The lowest BCUT2D eigenvalue weighted by atomic mass is 9.77. The first-order valence-electron chi connectivity index (χ1n) is 8.37. The Hall–Kier alpha value is -1.28. The third-order valence-corrected chi connectivity index (χ3v) is 4.75. The fourth-order valence-corrected chi connectivity index (χ4v) is 3.58. The molecule has 21 heavy (non-hydrogen) atoms. The summed E-state index contributed by atoms with van der Waals surface area (Å²) in [6.07, 6.45) is 5.28. The van der Waals surface area contributed by atoms with Crippen LogP contribution in [-0.4, -0.2) is 12.6 Å². The quantitative estimate of drug-likeness (QED) is 0.854. The number of aryl methyl sites for hydroxylation is 1. The molecule has 2 aromatic rings. The molecule has 1 fully saturated rings. The van der Waals surface area contributed by atoms with E-state index in [2.05, 4.69) is 50.4 Å². The molecule has 2 unspecified atom stereocenters. The van der Waals surface area contributed by atoms with Gasteiger partial charge in [-0.15, -0.1) is 0 Å². The van der Waals surface area contributed by atoms with Crippen molar-refractivity contribution in [3.8, 4) is 0 Å². The van der Waals surface area contributed by atoms with Crippen LogP contribution in [0.2, 0.25) is 0 Å². The molecule has 0 spiro atoms. The highest BCUT2D eigenvalue weighted by Crippen LogP contribution is 2.39. The van der Waals surface area contributed by atoms with E-state index in [1.807, 2.05) is 0 Å². The van der Waals surface area contributed by atoms with Gasteiger partial charge < -0.3 is 9.73 Å². The van der Waals surface area contributed by atoms with Gasteiger partial charge in [-0.1, -0.05) is 38.3 Å². The van der Waals surface area contributed by atoms with Gasteiger partial charge in [0, 0.05) is 17.3 Å². The molecule has 114 valence electrons. The molecule has 0 bridgehead atoms. The van der Waals surface area contributed by atoms with E-state index in [0.717, 1.165) is 12.1 Å². The molecule has 3 rings (SSSR count). The molecule has 2 atom stereocenters. The smallest absolute Gasteiger partial charge is 0.134 e. The Morgan fingerprint density at radius 2 is 2.00 bits per heavy atom. The Kier molecular flexibility index (Phi) is 4.34. The van der Waals surface area contributed by atoms with Gasteiger partial charge in [-0.3, -0.25) is 0 Å². The van der Waals surface area contributed by atoms with Gasteiger partial charge in [0.2, 0.25) is 0 Å². The lowest BCUT2D eigenvalue weighted by Crippen LogP contribution is -2.33. The SMILES string of the molecule is Cc1ccc2oc(C3CCCCC3CNC(C)C)cc2c1. The zero-order valence-corrected chi connectivity index (χ0v) is 13.5. The van der Waals surface area contributed by atoms with Crippen LogP contribution < -0.4 is 5.32 Å². The molecule has 2 heteroatoms. The van der Waals surface area contributed by atoms with Gasteiger partial charge in [-0.2, -0.15) is 0 Å². The Bertz CT molecular complexity index is 599. The molecular formula is C19H27NO. The van der Waals surface area contributed by atoms with E-state index in [4.69, 9.17) is 4.42 Å². The lowest BCUT2D eigenvalue weighted by Gasteiger charge is -2.31. The Labute approximate surface area is 127 Å². The van der Waals surface area contributed by atoms with Crippen molar-refractivity contribution in [2.45, 2.75) is 58.4 Å². The number of hydrogen-bond acceptors (Lipinski definition) is 2. The number of rotatable bonds is 4. The maximum Gasteiger partial charge on any atom is 0.134 e. The van der Waals surface area contributed by atoms with Crippen LogP contribution in [0.5, 0.6) is 0 Å². The highest BCUT2D eigenvalue weighted by molar-refractivity contribution is 5.78. The maximum atomic E-state index is 6.17. The zero-order chi connectivity index (χ0) is 14.8. The predicted octanol–water partition coefficient (Wildman–Crippen LogP) is 5.01. The van der Waals surface area contributed by atoms with Crippen molar-refractivity contribution in [1.82, 2.24) is 5.32 Å². The first kappa shape index (κ1) is 14.6. The molecule has 1 saturated carbocycles. The summed E-state index contributed by atoms with van der Waals surface area (Å²) < 4.78 is 6.17. The predicted molar refractivity (Wildman–Crippen MR) is 88.8 cm³/mol. The minimum absolute atomic E-state index is 0.561. The van der Waals surface area contributed by atoms with Crippen molar-refractivity contribution in [3.63, 3.8) is 0 Å². The Morgan fingerprint density at radius 1 is 1.19 bits per heavy atom. The highest BCUT2D eigenvalue weighted by atomic mass is 16.3. The summed E-state index contributed by atoms with van der Waals surface area (Å²) in [6, 6.07) is 9.31. The zero-order valence-electron chi connectivity index (χ0n) is 13.5. The maximum absolute atomic E-state index is 6.17. The molecule has 0 radical (unpaired) electrons. The van der Waals surface area contributed by atoms with E-state index < -0.39 is 0 Å². The van der Waals surface area contributed by atoms with E-state index in [0.29, 0.717) is 17.9 Å². The highest BCUT2D eigenvalue weighted by Gasteiger charge is 2.29. The minimum Gasteiger partial charge on any atom is -0.461 e. The molecule has 1 N–H and O–H groups in total. The Morgan fingerprint density at radius 3 is 2.81 bits per heavy atom. The first-order valence-corrected chi connectivity index (χ1v) is 8.37. The molecule has 0 saturated heterocycles. The van der Waals surface area contributed by atoms with Crippen molar-refractivity contribution in [3.05, 3.63) is 35.6 Å². The largest absolute Gasteiger partial charge is 0.461 e. The van der Waals surface area contributed by atoms with Gasteiger partial charge >= 0.3 is 0 Å². The van der Waals surface area contributed by atoms with Crippen LogP contribution in [0.15, 0.2) is 28.7 Å². The number of hydrogen-bond donors (Lipinski definition) is 1. The van der Waals surface area contributed by atoms with Crippen LogP contribution in [0.3, 0.4) is 0 Å². The topological polar surface area (TPSA) is 25.2 Å². The average Bonchev–Trinajstić information content (AvgIpc) is 2.88. The summed E-state index contributed by atoms with van der Waals surface area (Å²) in [5, 5.41) is 4.87. The first-order chi connectivity index (χ1) is 10.1. The molecule has 1 heterocycles. The van der Waals surface area contributed by atoms with Gasteiger partial charge in [-0.25, -0.2) is 0 Å². The standard InChI is InChI=1S/C19H27NO/c1-13(2)20-12-15-6-4-5-7-17(15)19-11-16-10-14(3)8-9-18(16)21-19/h8-11,13,15,17,20H,4-7,12H2,1-3H3. The second-order valence-corrected chi connectivity index (χ2v) is 6.90. The van der Waals surface area contributed by atoms with E-state index in [9.17, 15) is 0 Å². The molecule has 2 nitrogen and oxygen atoms in total. The number of furan rings is 1. The van der Waals surface area contributed by atoms with Crippen molar-refractivity contribution in [1.29, 1.82) is 0 Å². The summed E-state index contributed by atoms with van der Waals surface area (Å²) in [7, 11) is 0. The molecule has 0 amide bonds. The van der Waals surface area contributed by atoms with Gasteiger partial charge in [0.15, 0.2) is 0 Å². The lowest BCUT2D eigenvalue weighted by molar-refractivity contribution is 0.263. The fourth-order valence-electron chi connectivity index (χ4n) is 3.58. The van der Waals surface area contributed by atoms with Crippen LogP contribution in [0.1, 0.15) is 56.8 Å². The molecule has 1 aliphatic carbocycles. The molecular weight excluding hydrogens is 258 g/mol. The molecule has 1 aromatic carbocycles. The molecule has 1 aromatic heterocycles. The second kappa shape index (κ2) is 6.23. The van der Waals surface area contributed by atoms with Gasteiger partial charge in [0.05, 0.1) is 0 Å². The monoisotopic (exact) mass is 285 g/mol. The van der Waals surface area contributed by atoms with Crippen LogP contribution >= 0.6 is 0 Å². The minimum atomic E-state index is 0.561. The summed E-state index contributed by atoms with van der Waals surface area (Å²) in [5.41, 5.74) is 2.34. The van der Waals surface area contributed by atoms with Crippen molar-refractivity contribution in [2.24, 2.45) is 5.92 Å². The normalized spacial score (nSPS) is 23.0. The van der Waals surface area contributed by atoms with Gasteiger partial charge in [0.25, 0.3) is 0 Å². The van der Waals surface area contributed by atoms with Crippen molar-refractivity contribution < 1.29 is 4.42 Å². The molecule has 1 aliphatic rings. The summed E-state index contributed by atoms with van der Waals surface area (Å²) >= 11 is 0.